The molecular weight excluding hydrogens is 164 g/mol. The lowest BCUT2D eigenvalue weighted by molar-refractivity contribution is 0.328. The van der Waals surface area contributed by atoms with E-state index in [-0.39, 0.29) is 0 Å². The zero-order chi connectivity index (χ0) is 9.68. The Labute approximate surface area is 79.5 Å². The van der Waals surface area contributed by atoms with E-state index in [4.69, 9.17) is 9.47 Å². The molecule has 1 aromatic carbocycles. The van der Waals surface area contributed by atoms with Gasteiger partial charge in [0.15, 0.2) is 0 Å². The predicted molar refractivity (Wildman–Crippen MR) is 53.5 cm³/mol. The largest absolute Gasteiger partial charge is 0.494 e. The Hall–Kier alpha value is -1.18. The summed E-state index contributed by atoms with van der Waals surface area (Å²) >= 11 is 0. The molecule has 0 radical (unpaired) electrons. The molecule has 0 aromatic heterocycles. The molecular formula is C11H16O2. The molecule has 72 valence electrons. The van der Waals surface area contributed by atoms with Gasteiger partial charge >= 0.3 is 0 Å². The van der Waals surface area contributed by atoms with Crippen LogP contribution in [0.4, 0.5) is 0 Å². The van der Waals surface area contributed by atoms with Crippen LogP contribution in [0.1, 0.15) is 19.4 Å². The second-order valence-electron chi connectivity index (χ2n) is 2.79. The van der Waals surface area contributed by atoms with Gasteiger partial charge in [0.25, 0.3) is 0 Å². The molecule has 0 fully saturated rings. The van der Waals surface area contributed by atoms with Gasteiger partial charge in [-0.15, -0.1) is 0 Å². The molecule has 0 heterocycles. The van der Waals surface area contributed by atoms with Crippen LogP contribution >= 0.6 is 0 Å². The van der Waals surface area contributed by atoms with E-state index in [0.29, 0.717) is 13.2 Å². The highest BCUT2D eigenvalue weighted by molar-refractivity contribution is 5.39. The second kappa shape index (κ2) is 4.75. The van der Waals surface area contributed by atoms with Gasteiger partial charge in [-0.1, -0.05) is 0 Å². The molecule has 0 N–H and O–H groups in total. The fourth-order valence-electron chi connectivity index (χ4n) is 1.20. The zero-order valence-electron chi connectivity index (χ0n) is 8.46. The van der Waals surface area contributed by atoms with Crippen LogP contribution in [0.15, 0.2) is 18.2 Å². The Morgan fingerprint density at radius 3 is 2.31 bits per heavy atom. The maximum absolute atomic E-state index is 5.41. The van der Waals surface area contributed by atoms with Crippen molar-refractivity contribution in [2.75, 3.05) is 13.2 Å². The van der Waals surface area contributed by atoms with E-state index in [1.165, 1.54) is 0 Å². The monoisotopic (exact) mass is 180 g/mol. The van der Waals surface area contributed by atoms with E-state index < -0.39 is 0 Å². The fourth-order valence-corrected chi connectivity index (χ4v) is 1.20. The molecule has 1 aromatic rings. The number of benzene rings is 1. The molecule has 0 unspecified atom stereocenters. The summed E-state index contributed by atoms with van der Waals surface area (Å²) in [6.07, 6.45) is 0. The van der Waals surface area contributed by atoms with Crippen molar-refractivity contribution in [1.82, 2.24) is 0 Å². The molecule has 2 heteroatoms. The Morgan fingerprint density at radius 2 is 1.77 bits per heavy atom. The molecule has 0 aliphatic heterocycles. The Morgan fingerprint density at radius 1 is 1.08 bits per heavy atom. The van der Waals surface area contributed by atoms with E-state index in [1.54, 1.807) is 0 Å². The smallest absolute Gasteiger partial charge is 0.122 e. The summed E-state index contributed by atoms with van der Waals surface area (Å²) in [5.41, 5.74) is 1.12. The lowest BCUT2D eigenvalue weighted by Gasteiger charge is -2.09. The summed E-state index contributed by atoms with van der Waals surface area (Å²) in [7, 11) is 0. The normalized spacial score (nSPS) is 9.77. The van der Waals surface area contributed by atoms with Crippen LogP contribution in [-0.2, 0) is 0 Å². The number of hydrogen-bond acceptors (Lipinski definition) is 2. The minimum absolute atomic E-state index is 0.702. The van der Waals surface area contributed by atoms with Gasteiger partial charge in [0, 0.05) is 0 Å². The molecule has 13 heavy (non-hydrogen) atoms. The lowest BCUT2D eigenvalue weighted by Crippen LogP contribution is -1.96. The first-order chi connectivity index (χ1) is 6.27. The van der Waals surface area contributed by atoms with Gasteiger partial charge in [-0.25, -0.2) is 0 Å². The third kappa shape index (κ3) is 2.65. The standard InChI is InChI=1S/C11H16O2/c1-4-12-10-6-7-11(13-5-2)9(3)8-10/h6-8H,4-5H2,1-3H3. The molecule has 0 aliphatic rings. The quantitative estimate of drug-likeness (QED) is 0.709. The molecule has 0 amide bonds. The van der Waals surface area contributed by atoms with Gasteiger partial charge < -0.3 is 9.47 Å². The van der Waals surface area contributed by atoms with Crippen LogP contribution in [0.5, 0.6) is 11.5 Å². The van der Waals surface area contributed by atoms with Crippen molar-refractivity contribution in [3.05, 3.63) is 23.8 Å². The summed E-state index contributed by atoms with van der Waals surface area (Å²) in [4.78, 5) is 0. The zero-order valence-corrected chi connectivity index (χ0v) is 8.46. The molecule has 0 aliphatic carbocycles. The number of ether oxygens (including phenoxy) is 2. The highest BCUT2D eigenvalue weighted by Gasteiger charge is 2.00. The van der Waals surface area contributed by atoms with E-state index in [0.717, 1.165) is 17.1 Å². The molecule has 2 nitrogen and oxygen atoms in total. The fraction of sp³-hybridized carbons (Fsp3) is 0.455. The lowest BCUT2D eigenvalue weighted by atomic mass is 10.2. The van der Waals surface area contributed by atoms with Gasteiger partial charge in [-0.2, -0.15) is 0 Å². The first-order valence-corrected chi connectivity index (χ1v) is 4.64. The van der Waals surface area contributed by atoms with E-state index >= 15 is 0 Å². The van der Waals surface area contributed by atoms with Gasteiger partial charge in [-0.3, -0.25) is 0 Å². The van der Waals surface area contributed by atoms with E-state index in [1.807, 2.05) is 39.0 Å². The summed E-state index contributed by atoms with van der Waals surface area (Å²) in [5, 5.41) is 0. The average Bonchev–Trinajstić information content (AvgIpc) is 2.10. The first-order valence-electron chi connectivity index (χ1n) is 4.64. The third-order valence-electron chi connectivity index (χ3n) is 1.76. The highest BCUT2D eigenvalue weighted by Crippen LogP contribution is 2.23. The summed E-state index contributed by atoms with van der Waals surface area (Å²) in [6.45, 7) is 7.39. The van der Waals surface area contributed by atoms with Crippen LogP contribution < -0.4 is 9.47 Å². The van der Waals surface area contributed by atoms with Crippen molar-refractivity contribution in [3.63, 3.8) is 0 Å². The topological polar surface area (TPSA) is 18.5 Å². The molecule has 0 spiro atoms. The first kappa shape index (κ1) is 9.90. The number of aryl methyl sites for hydroxylation is 1. The molecule has 0 bridgehead atoms. The minimum atomic E-state index is 0.702. The van der Waals surface area contributed by atoms with Crippen LogP contribution in [0, 0.1) is 6.92 Å². The van der Waals surface area contributed by atoms with Crippen molar-refractivity contribution in [3.8, 4) is 11.5 Å². The molecule has 0 atom stereocenters. The average molecular weight is 180 g/mol. The van der Waals surface area contributed by atoms with Crippen molar-refractivity contribution >= 4 is 0 Å². The number of rotatable bonds is 4. The van der Waals surface area contributed by atoms with Crippen molar-refractivity contribution in [2.24, 2.45) is 0 Å². The maximum atomic E-state index is 5.41. The molecule has 1 rings (SSSR count). The Bertz CT molecular complexity index is 269. The summed E-state index contributed by atoms with van der Waals surface area (Å²) in [5.74, 6) is 1.84. The van der Waals surface area contributed by atoms with Crippen molar-refractivity contribution in [2.45, 2.75) is 20.8 Å². The van der Waals surface area contributed by atoms with Gasteiger partial charge in [0.2, 0.25) is 0 Å². The summed E-state index contributed by atoms with van der Waals surface area (Å²) < 4.78 is 10.8. The summed E-state index contributed by atoms with van der Waals surface area (Å²) in [6, 6.07) is 5.87. The van der Waals surface area contributed by atoms with Gasteiger partial charge in [-0.05, 0) is 44.5 Å². The maximum Gasteiger partial charge on any atom is 0.122 e. The SMILES string of the molecule is CCOc1ccc(OCC)c(C)c1. The van der Waals surface area contributed by atoms with E-state index in [9.17, 15) is 0 Å². The van der Waals surface area contributed by atoms with Crippen LogP contribution in [0.25, 0.3) is 0 Å². The molecule has 0 saturated heterocycles. The minimum Gasteiger partial charge on any atom is -0.494 e. The van der Waals surface area contributed by atoms with Gasteiger partial charge in [0.1, 0.15) is 11.5 Å². The van der Waals surface area contributed by atoms with Gasteiger partial charge in [0.05, 0.1) is 13.2 Å². The highest BCUT2D eigenvalue weighted by atomic mass is 16.5. The predicted octanol–water partition coefficient (Wildman–Crippen LogP) is 2.79. The third-order valence-corrected chi connectivity index (χ3v) is 1.76. The number of hydrogen-bond donors (Lipinski definition) is 0. The van der Waals surface area contributed by atoms with Crippen molar-refractivity contribution in [1.29, 1.82) is 0 Å². The Balaban J connectivity index is 2.79. The van der Waals surface area contributed by atoms with Crippen molar-refractivity contribution < 1.29 is 9.47 Å². The van der Waals surface area contributed by atoms with Crippen LogP contribution in [0.2, 0.25) is 0 Å². The van der Waals surface area contributed by atoms with Crippen LogP contribution in [0.3, 0.4) is 0 Å². The second-order valence-corrected chi connectivity index (χ2v) is 2.79. The molecule has 0 saturated carbocycles. The van der Waals surface area contributed by atoms with E-state index in [2.05, 4.69) is 0 Å². The Kier molecular flexibility index (Phi) is 3.62. The van der Waals surface area contributed by atoms with Crippen LogP contribution in [-0.4, -0.2) is 13.2 Å².